The summed E-state index contributed by atoms with van der Waals surface area (Å²) in [5.41, 5.74) is 1.20. The molecule has 1 aromatic carbocycles. The lowest BCUT2D eigenvalue weighted by molar-refractivity contribution is -0.142. The first-order valence-electron chi connectivity index (χ1n) is 11.5. The first kappa shape index (κ1) is 25.4. The van der Waals surface area contributed by atoms with Crippen molar-refractivity contribution < 1.29 is 23.9 Å². The van der Waals surface area contributed by atoms with Crippen LogP contribution in [0.4, 0.5) is 0 Å². The van der Waals surface area contributed by atoms with Crippen molar-refractivity contribution in [3.05, 3.63) is 47.3 Å². The van der Waals surface area contributed by atoms with Gasteiger partial charge in [-0.2, -0.15) is 5.10 Å². The Morgan fingerprint density at radius 1 is 1.18 bits per heavy atom. The molecular formula is C25H34N4O5. The number of carbonyl (C=O) groups excluding carboxylic acids is 3. The fourth-order valence-electron chi connectivity index (χ4n) is 4.54. The second-order valence-electron chi connectivity index (χ2n) is 8.80. The molecule has 0 radical (unpaired) electrons. The quantitative estimate of drug-likeness (QED) is 0.369. The Morgan fingerprint density at radius 2 is 1.91 bits per heavy atom. The number of nitrogens with zero attached hydrogens (tertiary/aromatic N) is 4. The third kappa shape index (κ3) is 5.14. The molecule has 0 bridgehead atoms. The van der Waals surface area contributed by atoms with Gasteiger partial charge in [-0.05, 0) is 32.4 Å². The molecule has 1 aliphatic heterocycles. The molecule has 1 fully saturated rings. The maximum absolute atomic E-state index is 13.7. The van der Waals surface area contributed by atoms with Gasteiger partial charge in [0, 0.05) is 58.0 Å². The molecule has 1 aliphatic rings. The molecule has 0 N–H and O–H groups in total. The van der Waals surface area contributed by atoms with Crippen LogP contribution in [0.25, 0.3) is 0 Å². The number of hydrogen-bond donors (Lipinski definition) is 0. The second-order valence-corrected chi connectivity index (χ2v) is 8.80. The Labute approximate surface area is 200 Å². The summed E-state index contributed by atoms with van der Waals surface area (Å²) in [5, 5.41) is 4.44. The van der Waals surface area contributed by atoms with Gasteiger partial charge < -0.3 is 14.4 Å². The number of aryl methyl sites for hydroxylation is 2. The summed E-state index contributed by atoms with van der Waals surface area (Å²) in [4.78, 5) is 42.9. The minimum atomic E-state index is -1.31. The van der Waals surface area contributed by atoms with Gasteiger partial charge in [-0.3, -0.25) is 24.0 Å². The van der Waals surface area contributed by atoms with Gasteiger partial charge in [0.1, 0.15) is 5.75 Å². The van der Waals surface area contributed by atoms with Crippen molar-refractivity contribution in [2.75, 3.05) is 41.0 Å². The van der Waals surface area contributed by atoms with E-state index in [2.05, 4.69) is 5.10 Å². The zero-order valence-corrected chi connectivity index (χ0v) is 20.7. The number of imide groups is 1. The van der Waals surface area contributed by atoms with Crippen molar-refractivity contribution in [3.8, 4) is 5.75 Å². The van der Waals surface area contributed by atoms with E-state index in [1.165, 1.54) is 12.0 Å². The minimum Gasteiger partial charge on any atom is -0.496 e. The van der Waals surface area contributed by atoms with Crippen LogP contribution in [0.15, 0.2) is 30.3 Å². The molecule has 0 saturated carbocycles. The number of amides is 3. The van der Waals surface area contributed by atoms with Crippen molar-refractivity contribution in [2.45, 2.75) is 45.1 Å². The van der Waals surface area contributed by atoms with E-state index < -0.39 is 5.41 Å². The van der Waals surface area contributed by atoms with Crippen molar-refractivity contribution in [2.24, 2.45) is 0 Å². The van der Waals surface area contributed by atoms with E-state index in [1.54, 1.807) is 43.3 Å². The van der Waals surface area contributed by atoms with E-state index in [9.17, 15) is 14.4 Å². The summed E-state index contributed by atoms with van der Waals surface area (Å²) in [5.74, 6) is -0.378. The number of hydrogen-bond acceptors (Lipinski definition) is 6. The summed E-state index contributed by atoms with van der Waals surface area (Å²) in [6.45, 7) is 5.56. The number of carbonyl (C=O) groups is 3. The Balaban J connectivity index is 1.86. The second kappa shape index (κ2) is 10.8. The third-order valence-electron chi connectivity index (χ3n) is 6.39. The van der Waals surface area contributed by atoms with Crippen LogP contribution in [0.3, 0.4) is 0 Å². The lowest BCUT2D eigenvalue weighted by Gasteiger charge is -2.30. The highest BCUT2D eigenvalue weighted by Crippen LogP contribution is 2.44. The van der Waals surface area contributed by atoms with Crippen LogP contribution in [0.1, 0.15) is 36.2 Å². The molecule has 1 saturated heterocycles. The van der Waals surface area contributed by atoms with Crippen LogP contribution in [-0.2, 0) is 31.1 Å². The van der Waals surface area contributed by atoms with Gasteiger partial charge in [0.05, 0.1) is 24.8 Å². The van der Waals surface area contributed by atoms with Crippen molar-refractivity contribution >= 4 is 17.7 Å². The highest BCUT2D eigenvalue weighted by atomic mass is 16.5. The largest absolute Gasteiger partial charge is 0.496 e. The first-order valence-corrected chi connectivity index (χ1v) is 11.5. The number of benzene rings is 1. The Bertz CT molecular complexity index is 1050. The molecule has 184 valence electrons. The van der Waals surface area contributed by atoms with E-state index in [-0.39, 0.29) is 37.1 Å². The van der Waals surface area contributed by atoms with Crippen molar-refractivity contribution in [3.63, 3.8) is 0 Å². The number of rotatable bonds is 11. The normalized spacial score (nSPS) is 18.0. The van der Waals surface area contributed by atoms with Crippen molar-refractivity contribution in [1.82, 2.24) is 19.6 Å². The third-order valence-corrected chi connectivity index (χ3v) is 6.39. The molecule has 0 aliphatic carbocycles. The molecule has 0 spiro atoms. The van der Waals surface area contributed by atoms with E-state index in [4.69, 9.17) is 9.47 Å². The molecule has 34 heavy (non-hydrogen) atoms. The van der Waals surface area contributed by atoms with Crippen LogP contribution < -0.4 is 4.74 Å². The maximum Gasteiger partial charge on any atom is 0.241 e. The molecule has 2 aromatic rings. The summed E-state index contributed by atoms with van der Waals surface area (Å²) in [6, 6.07) is 9.10. The van der Waals surface area contributed by atoms with Gasteiger partial charge in [-0.25, -0.2) is 0 Å². The topological polar surface area (TPSA) is 94.0 Å². The lowest BCUT2D eigenvalue weighted by atomic mass is 9.75. The zero-order chi connectivity index (χ0) is 24.9. The summed E-state index contributed by atoms with van der Waals surface area (Å²) >= 11 is 0. The predicted octanol–water partition coefficient (Wildman–Crippen LogP) is 2.09. The molecular weight excluding hydrogens is 436 g/mol. The fraction of sp³-hybridized carbons (Fsp3) is 0.520. The maximum atomic E-state index is 13.7. The van der Waals surface area contributed by atoms with Crippen LogP contribution in [0.5, 0.6) is 5.75 Å². The summed E-state index contributed by atoms with van der Waals surface area (Å²) < 4.78 is 12.5. The van der Waals surface area contributed by atoms with Crippen LogP contribution in [0, 0.1) is 13.8 Å². The molecule has 1 aromatic heterocycles. The van der Waals surface area contributed by atoms with Gasteiger partial charge in [0.25, 0.3) is 0 Å². The van der Waals surface area contributed by atoms with Gasteiger partial charge in [-0.15, -0.1) is 0 Å². The lowest BCUT2D eigenvalue weighted by Crippen LogP contribution is -2.43. The van der Waals surface area contributed by atoms with Gasteiger partial charge in [0.2, 0.25) is 17.7 Å². The Kier molecular flexibility index (Phi) is 8.09. The molecule has 3 rings (SSSR count). The number of likely N-dealkylation sites (N-methyl/N-ethyl adjacent to an activating group) is 1. The molecule has 9 heteroatoms. The zero-order valence-electron chi connectivity index (χ0n) is 20.7. The highest BCUT2D eigenvalue weighted by molar-refractivity contribution is 6.11. The van der Waals surface area contributed by atoms with Crippen LogP contribution in [0.2, 0.25) is 0 Å². The van der Waals surface area contributed by atoms with Gasteiger partial charge >= 0.3 is 0 Å². The van der Waals surface area contributed by atoms with E-state index in [0.29, 0.717) is 37.4 Å². The van der Waals surface area contributed by atoms with Crippen LogP contribution in [-0.4, -0.2) is 78.3 Å². The van der Waals surface area contributed by atoms with Crippen molar-refractivity contribution in [1.29, 1.82) is 0 Å². The summed E-state index contributed by atoms with van der Waals surface area (Å²) in [6.07, 6.45) is 0.342. The van der Waals surface area contributed by atoms with E-state index in [0.717, 1.165) is 11.4 Å². The Hall–Kier alpha value is -3.20. The number of ether oxygens (including phenoxy) is 2. The fourth-order valence-corrected chi connectivity index (χ4v) is 4.54. The number of likely N-dealkylation sites (tertiary alicyclic amines) is 1. The average molecular weight is 471 g/mol. The monoisotopic (exact) mass is 470 g/mol. The summed E-state index contributed by atoms with van der Waals surface area (Å²) in [7, 11) is 4.81. The first-order chi connectivity index (χ1) is 16.2. The molecule has 3 amide bonds. The molecule has 0 unspecified atom stereocenters. The average Bonchev–Trinajstić information content (AvgIpc) is 3.27. The number of para-hydroxylation sites is 1. The number of aromatic nitrogens is 2. The smallest absolute Gasteiger partial charge is 0.241 e. The molecule has 2 heterocycles. The van der Waals surface area contributed by atoms with E-state index in [1.807, 2.05) is 24.6 Å². The molecule has 1 atom stereocenters. The Morgan fingerprint density at radius 3 is 2.56 bits per heavy atom. The highest BCUT2D eigenvalue weighted by Gasteiger charge is 2.54. The molecule has 9 nitrogen and oxygen atoms in total. The minimum absolute atomic E-state index is 0.0732. The van der Waals surface area contributed by atoms with E-state index >= 15 is 0 Å². The SMILES string of the molecule is COCCCN1C(=O)C[C@@](CC(=O)N(C)CCn2nc(C)cc2C)(c2ccccc2OC)C1=O. The number of methoxy groups -OCH3 is 2. The van der Waals surface area contributed by atoms with Gasteiger partial charge in [-0.1, -0.05) is 18.2 Å². The van der Waals surface area contributed by atoms with Crippen LogP contribution >= 0.6 is 0 Å². The predicted molar refractivity (Wildman–Crippen MR) is 126 cm³/mol. The standard InChI is InChI=1S/C25H34N4O5/c1-18-15-19(2)29(26-18)13-12-27(3)22(30)16-25(20-9-6-7-10-21(20)34-5)17-23(31)28(24(25)32)11-8-14-33-4/h6-7,9-10,15H,8,11-14,16-17H2,1-5H3/t25-/m0/s1. The van der Waals surface area contributed by atoms with Gasteiger partial charge in [0.15, 0.2) is 0 Å².